The molecule has 2 heterocycles. The van der Waals surface area contributed by atoms with Crippen molar-refractivity contribution >= 4 is 50.8 Å². The molecule has 4 rings (SSSR count). The Balaban J connectivity index is 1.72. The van der Waals surface area contributed by atoms with Gasteiger partial charge in [-0.15, -0.1) is 0 Å². The minimum Gasteiger partial charge on any atom is -0.361 e. The highest BCUT2D eigenvalue weighted by Crippen LogP contribution is 2.34. The largest absolute Gasteiger partial charge is 0.361 e. The van der Waals surface area contributed by atoms with Gasteiger partial charge < -0.3 is 10.2 Å². The average molecular weight is 444 g/mol. The van der Waals surface area contributed by atoms with Gasteiger partial charge in [0.2, 0.25) is 0 Å². The number of hydrogen-bond acceptors (Lipinski definition) is 6. The number of benzene rings is 2. The van der Waals surface area contributed by atoms with Gasteiger partial charge in [-0.2, -0.15) is 4.37 Å². The van der Waals surface area contributed by atoms with E-state index in [-0.39, 0.29) is 6.04 Å². The van der Waals surface area contributed by atoms with Crippen molar-refractivity contribution in [2.24, 2.45) is 0 Å². The Bertz CT molecular complexity index is 1130. The Kier molecular flexibility index (Phi) is 5.96. The van der Waals surface area contributed by atoms with Gasteiger partial charge in [0, 0.05) is 12.1 Å². The van der Waals surface area contributed by atoms with E-state index in [2.05, 4.69) is 24.6 Å². The zero-order valence-electron chi connectivity index (χ0n) is 15.9. The summed E-state index contributed by atoms with van der Waals surface area (Å²) in [6.07, 6.45) is 1.58. The molecule has 1 N–H and O–H groups in total. The third-order valence-electron chi connectivity index (χ3n) is 4.51. The van der Waals surface area contributed by atoms with Crippen LogP contribution in [0.15, 0.2) is 54.9 Å². The topological polar surface area (TPSA) is 53.9 Å². The van der Waals surface area contributed by atoms with Crippen LogP contribution in [0.25, 0.3) is 21.5 Å². The van der Waals surface area contributed by atoms with Gasteiger partial charge >= 0.3 is 0 Å². The molecule has 0 saturated carbocycles. The Labute approximate surface area is 183 Å². The summed E-state index contributed by atoms with van der Waals surface area (Å²) in [7, 11) is 4.06. The molecule has 2 aromatic carbocycles. The molecule has 4 aromatic rings. The Morgan fingerprint density at radius 1 is 1.03 bits per heavy atom. The summed E-state index contributed by atoms with van der Waals surface area (Å²) in [6.45, 7) is 0.758. The predicted octanol–water partition coefficient (Wildman–Crippen LogP) is 5.77. The molecular formula is C21H19Cl2N5S. The number of nitrogens with zero attached hydrogens (tertiary/aromatic N) is 4. The lowest BCUT2D eigenvalue weighted by atomic mass is 10.1. The van der Waals surface area contributed by atoms with Gasteiger partial charge in [-0.25, -0.2) is 9.97 Å². The molecule has 0 spiro atoms. The smallest absolute Gasteiger partial charge is 0.149 e. The quantitative estimate of drug-likeness (QED) is 0.409. The fourth-order valence-electron chi connectivity index (χ4n) is 3.15. The maximum absolute atomic E-state index is 6.26. The average Bonchev–Trinajstić information content (AvgIpc) is 3.15. The fourth-order valence-corrected chi connectivity index (χ4v) is 4.26. The van der Waals surface area contributed by atoms with Crippen LogP contribution in [-0.2, 0) is 0 Å². The van der Waals surface area contributed by atoms with Crippen molar-refractivity contribution in [1.29, 1.82) is 0 Å². The molecule has 8 heteroatoms. The van der Waals surface area contributed by atoms with Crippen LogP contribution in [0, 0.1) is 0 Å². The summed E-state index contributed by atoms with van der Waals surface area (Å²) in [5.74, 6) is 0.757. The number of fused-ring (bicyclic) bond motifs is 1. The van der Waals surface area contributed by atoms with E-state index in [4.69, 9.17) is 23.2 Å². The van der Waals surface area contributed by atoms with E-state index in [9.17, 15) is 0 Å². The van der Waals surface area contributed by atoms with Crippen molar-refractivity contribution in [3.63, 3.8) is 0 Å². The zero-order chi connectivity index (χ0) is 20.4. The second-order valence-electron chi connectivity index (χ2n) is 6.93. The number of halogens is 2. The number of likely N-dealkylation sites (N-methyl/N-ethyl adjacent to an activating group) is 1. The SMILES string of the molecule is CN(C)CC(Nc1ncnc2c(-c3ccccc3)nsc12)c1ccc(Cl)c(Cl)c1. The van der Waals surface area contributed by atoms with Crippen LogP contribution in [0.1, 0.15) is 11.6 Å². The Morgan fingerprint density at radius 2 is 1.83 bits per heavy atom. The number of aromatic nitrogens is 3. The van der Waals surface area contributed by atoms with Crippen LogP contribution < -0.4 is 5.32 Å². The minimum atomic E-state index is -0.0276. The third-order valence-corrected chi connectivity index (χ3v) is 6.09. The Hall–Kier alpha value is -2.25. The number of hydrogen-bond donors (Lipinski definition) is 1. The molecule has 0 saturated heterocycles. The lowest BCUT2D eigenvalue weighted by Crippen LogP contribution is -2.26. The predicted molar refractivity (Wildman–Crippen MR) is 122 cm³/mol. The number of anilines is 1. The highest BCUT2D eigenvalue weighted by atomic mass is 35.5. The molecule has 29 heavy (non-hydrogen) atoms. The number of rotatable bonds is 6. The molecule has 5 nitrogen and oxygen atoms in total. The molecule has 2 aromatic heterocycles. The maximum Gasteiger partial charge on any atom is 0.149 e. The minimum absolute atomic E-state index is 0.0276. The van der Waals surface area contributed by atoms with Gasteiger partial charge in [-0.05, 0) is 43.3 Å². The van der Waals surface area contributed by atoms with Gasteiger partial charge in [-0.3, -0.25) is 0 Å². The van der Waals surface area contributed by atoms with Gasteiger partial charge in [0.15, 0.2) is 0 Å². The van der Waals surface area contributed by atoms with Crippen molar-refractivity contribution in [3.05, 3.63) is 70.5 Å². The first-order valence-corrected chi connectivity index (χ1v) is 10.6. The molecule has 0 aliphatic carbocycles. The molecule has 0 aliphatic heterocycles. The van der Waals surface area contributed by atoms with Crippen LogP contribution in [0.4, 0.5) is 5.82 Å². The molecule has 0 fully saturated rings. The van der Waals surface area contributed by atoms with E-state index in [1.54, 1.807) is 6.33 Å². The lowest BCUT2D eigenvalue weighted by molar-refractivity contribution is 0.386. The van der Waals surface area contributed by atoms with Gasteiger partial charge in [-0.1, -0.05) is 59.6 Å². The zero-order valence-corrected chi connectivity index (χ0v) is 18.3. The summed E-state index contributed by atoms with van der Waals surface area (Å²) in [5, 5.41) is 4.63. The van der Waals surface area contributed by atoms with E-state index >= 15 is 0 Å². The molecule has 0 radical (unpaired) electrons. The van der Waals surface area contributed by atoms with Crippen LogP contribution >= 0.6 is 34.7 Å². The molecule has 0 aliphatic rings. The van der Waals surface area contributed by atoms with Gasteiger partial charge in [0.25, 0.3) is 0 Å². The van der Waals surface area contributed by atoms with Crippen LogP contribution in [0.5, 0.6) is 0 Å². The van der Waals surface area contributed by atoms with Crippen molar-refractivity contribution in [2.45, 2.75) is 6.04 Å². The van der Waals surface area contributed by atoms with Crippen molar-refractivity contribution in [3.8, 4) is 11.3 Å². The third kappa shape index (κ3) is 4.36. The Morgan fingerprint density at radius 3 is 2.55 bits per heavy atom. The van der Waals surface area contributed by atoms with Crippen LogP contribution in [0.2, 0.25) is 10.0 Å². The summed E-state index contributed by atoms with van der Waals surface area (Å²) in [6, 6.07) is 15.7. The van der Waals surface area contributed by atoms with Gasteiger partial charge in [0.05, 0.1) is 16.1 Å². The standard InChI is InChI=1S/C21H19Cl2N5S/c1-28(2)11-17(14-8-9-15(22)16(23)10-14)26-21-20-19(24-12-25-21)18(27-29-20)13-6-4-3-5-7-13/h3-10,12,17H,11H2,1-2H3,(H,24,25,26). The summed E-state index contributed by atoms with van der Waals surface area (Å²) < 4.78 is 5.57. The van der Waals surface area contributed by atoms with Crippen molar-refractivity contribution < 1.29 is 0 Å². The fraction of sp³-hybridized carbons (Fsp3) is 0.190. The molecule has 1 atom stereocenters. The van der Waals surface area contributed by atoms with Crippen molar-refractivity contribution in [1.82, 2.24) is 19.2 Å². The van der Waals surface area contributed by atoms with Crippen LogP contribution in [0.3, 0.4) is 0 Å². The van der Waals surface area contributed by atoms with E-state index in [0.29, 0.717) is 10.0 Å². The summed E-state index contributed by atoms with van der Waals surface area (Å²) >= 11 is 13.8. The monoisotopic (exact) mass is 443 g/mol. The van der Waals surface area contributed by atoms with E-state index in [1.807, 2.05) is 62.6 Å². The van der Waals surface area contributed by atoms with Gasteiger partial charge in [0.1, 0.15) is 28.1 Å². The highest BCUT2D eigenvalue weighted by molar-refractivity contribution is 7.14. The molecule has 0 amide bonds. The number of nitrogens with one attached hydrogen (secondary N) is 1. The van der Waals surface area contributed by atoms with E-state index < -0.39 is 0 Å². The lowest BCUT2D eigenvalue weighted by Gasteiger charge is -2.23. The molecule has 148 valence electrons. The second-order valence-corrected chi connectivity index (χ2v) is 8.52. The first-order chi connectivity index (χ1) is 14.0. The normalized spacial score (nSPS) is 12.4. The highest BCUT2D eigenvalue weighted by Gasteiger charge is 2.19. The first kappa shape index (κ1) is 20.0. The summed E-state index contributed by atoms with van der Waals surface area (Å²) in [5.41, 5.74) is 3.79. The van der Waals surface area contributed by atoms with Crippen molar-refractivity contribution in [2.75, 3.05) is 26.0 Å². The summed E-state index contributed by atoms with van der Waals surface area (Å²) in [4.78, 5) is 11.1. The molecule has 0 bridgehead atoms. The first-order valence-electron chi connectivity index (χ1n) is 9.05. The van der Waals surface area contributed by atoms with Crippen LogP contribution in [-0.4, -0.2) is 39.9 Å². The van der Waals surface area contributed by atoms with E-state index in [1.165, 1.54) is 11.5 Å². The maximum atomic E-state index is 6.26. The molecular weight excluding hydrogens is 425 g/mol. The van der Waals surface area contributed by atoms with E-state index in [0.717, 1.165) is 39.4 Å². The second kappa shape index (κ2) is 8.63. The molecule has 1 unspecified atom stereocenters.